The predicted octanol–water partition coefficient (Wildman–Crippen LogP) is 1.87. The Morgan fingerprint density at radius 1 is 1.33 bits per heavy atom. The summed E-state index contributed by atoms with van der Waals surface area (Å²) >= 11 is 0. The van der Waals surface area contributed by atoms with Gasteiger partial charge in [-0.1, -0.05) is 12.1 Å². The highest BCUT2D eigenvalue weighted by molar-refractivity contribution is 5.78. The molecule has 0 atom stereocenters. The molecule has 126 valence electrons. The first kappa shape index (κ1) is 16.0. The van der Waals surface area contributed by atoms with Gasteiger partial charge in [-0.3, -0.25) is 0 Å². The smallest absolute Gasteiger partial charge is 0.348 e. The second-order valence-electron chi connectivity index (χ2n) is 5.99. The Balaban J connectivity index is 1.76. The number of rotatable bonds is 4. The summed E-state index contributed by atoms with van der Waals surface area (Å²) in [6, 6.07) is 9.05. The van der Waals surface area contributed by atoms with Crippen LogP contribution in [0.25, 0.3) is 0 Å². The van der Waals surface area contributed by atoms with Crippen LogP contribution in [0.4, 0.5) is 11.8 Å². The predicted molar refractivity (Wildman–Crippen MR) is 90.1 cm³/mol. The summed E-state index contributed by atoms with van der Waals surface area (Å²) in [4.78, 5) is 22.2. The number of aryl methyl sites for hydroxylation is 1. The molecule has 7 nitrogen and oxygen atoms in total. The molecule has 3 rings (SSSR count). The van der Waals surface area contributed by atoms with Crippen molar-refractivity contribution in [1.29, 1.82) is 0 Å². The number of piperidine rings is 1. The first-order valence-corrected chi connectivity index (χ1v) is 7.81. The Labute approximate surface area is 140 Å². The van der Waals surface area contributed by atoms with Crippen LogP contribution in [0.15, 0.2) is 36.5 Å². The standard InChI is InChI=1S/C17H20N4O3/c1-12-3-2-4-13(11-12)24-17(15(22)23)6-9-21(10-7-17)16-19-8-5-14(18)20-16/h2-5,8,11H,6-7,9-10H2,1H3,(H,22,23)(H2,18,19,20). The van der Waals surface area contributed by atoms with Crippen LogP contribution in [0.2, 0.25) is 0 Å². The molecule has 0 amide bonds. The lowest BCUT2D eigenvalue weighted by Crippen LogP contribution is -2.53. The zero-order chi connectivity index (χ0) is 17.2. The monoisotopic (exact) mass is 328 g/mol. The number of nitrogen functional groups attached to an aromatic ring is 1. The van der Waals surface area contributed by atoms with Crippen molar-refractivity contribution in [3.8, 4) is 5.75 Å². The maximum atomic E-state index is 11.9. The summed E-state index contributed by atoms with van der Waals surface area (Å²) in [5.74, 6) is 0.541. The highest BCUT2D eigenvalue weighted by atomic mass is 16.5. The molecule has 0 saturated carbocycles. The Kier molecular flexibility index (Phi) is 4.24. The van der Waals surface area contributed by atoms with E-state index in [1.165, 1.54) is 0 Å². The van der Waals surface area contributed by atoms with Crippen molar-refractivity contribution in [2.75, 3.05) is 23.7 Å². The molecule has 0 aliphatic carbocycles. The third-order valence-corrected chi connectivity index (χ3v) is 4.21. The van der Waals surface area contributed by atoms with Gasteiger partial charge in [-0.05, 0) is 30.7 Å². The number of carboxylic acid groups (broad SMARTS) is 1. The SMILES string of the molecule is Cc1cccc(OC2(C(=O)O)CCN(c3nccc(N)n3)CC2)c1. The van der Waals surface area contributed by atoms with Crippen LogP contribution in [-0.4, -0.2) is 39.7 Å². The number of carbonyl (C=O) groups is 1. The van der Waals surface area contributed by atoms with Gasteiger partial charge in [0.2, 0.25) is 11.5 Å². The lowest BCUT2D eigenvalue weighted by molar-refractivity contribution is -0.157. The maximum absolute atomic E-state index is 11.9. The zero-order valence-electron chi connectivity index (χ0n) is 13.5. The van der Waals surface area contributed by atoms with Crippen molar-refractivity contribution in [2.45, 2.75) is 25.4 Å². The third-order valence-electron chi connectivity index (χ3n) is 4.21. The van der Waals surface area contributed by atoms with Crippen LogP contribution in [0.3, 0.4) is 0 Å². The molecule has 1 aliphatic heterocycles. The van der Waals surface area contributed by atoms with E-state index in [-0.39, 0.29) is 0 Å². The first-order valence-electron chi connectivity index (χ1n) is 7.81. The molecule has 2 aromatic rings. The van der Waals surface area contributed by atoms with Gasteiger partial charge in [0.05, 0.1) is 0 Å². The zero-order valence-corrected chi connectivity index (χ0v) is 13.5. The Morgan fingerprint density at radius 2 is 2.08 bits per heavy atom. The average molecular weight is 328 g/mol. The molecule has 1 aromatic carbocycles. The number of hydrogen-bond donors (Lipinski definition) is 2. The fraction of sp³-hybridized carbons (Fsp3) is 0.353. The van der Waals surface area contributed by atoms with Gasteiger partial charge in [-0.2, -0.15) is 4.98 Å². The molecule has 24 heavy (non-hydrogen) atoms. The topological polar surface area (TPSA) is 102 Å². The van der Waals surface area contributed by atoms with Crippen LogP contribution in [0.5, 0.6) is 5.75 Å². The summed E-state index contributed by atoms with van der Waals surface area (Å²) in [5.41, 5.74) is 5.48. The van der Waals surface area contributed by atoms with E-state index in [4.69, 9.17) is 10.5 Å². The molecule has 0 unspecified atom stereocenters. The molecule has 3 N–H and O–H groups in total. The van der Waals surface area contributed by atoms with Gasteiger partial charge in [-0.15, -0.1) is 0 Å². The Morgan fingerprint density at radius 3 is 2.71 bits per heavy atom. The van der Waals surface area contributed by atoms with Crippen molar-refractivity contribution in [3.63, 3.8) is 0 Å². The molecule has 1 fully saturated rings. The highest BCUT2D eigenvalue weighted by Gasteiger charge is 2.44. The second-order valence-corrected chi connectivity index (χ2v) is 5.99. The molecule has 0 spiro atoms. The molecule has 0 bridgehead atoms. The maximum Gasteiger partial charge on any atom is 0.348 e. The van der Waals surface area contributed by atoms with Crippen LogP contribution < -0.4 is 15.4 Å². The van der Waals surface area contributed by atoms with Crippen molar-refractivity contribution >= 4 is 17.7 Å². The molecule has 0 radical (unpaired) electrons. The number of anilines is 2. The van der Waals surface area contributed by atoms with Crippen LogP contribution in [0.1, 0.15) is 18.4 Å². The summed E-state index contributed by atoms with van der Waals surface area (Å²) in [7, 11) is 0. The minimum atomic E-state index is -1.23. The van der Waals surface area contributed by atoms with Crippen LogP contribution in [-0.2, 0) is 4.79 Å². The molecule has 1 aliphatic rings. The first-order chi connectivity index (χ1) is 11.5. The summed E-state index contributed by atoms with van der Waals surface area (Å²) in [6.45, 7) is 2.92. The quantitative estimate of drug-likeness (QED) is 0.883. The van der Waals surface area contributed by atoms with Gasteiger partial charge < -0.3 is 20.5 Å². The van der Waals surface area contributed by atoms with E-state index in [0.29, 0.717) is 43.4 Å². The van der Waals surface area contributed by atoms with E-state index in [1.807, 2.05) is 30.0 Å². The van der Waals surface area contributed by atoms with Gasteiger partial charge in [0.1, 0.15) is 11.6 Å². The molecule has 2 heterocycles. The van der Waals surface area contributed by atoms with Gasteiger partial charge in [-0.25, -0.2) is 9.78 Å². The Hall–Kier alpha value is -2.83. The summed E-state index contributed by atoms with van der Waals surface area (Å²) in [6.07, 6.45) is 2.28. The lowest BCUT2D eigenvalue weighted by Gasteiger charge is -2.38. The van der Waals surface area contributed by atoms with E-state index < -0.39 is 11.6 Å². The van der Waals surface area contributed by atoms with Crippen molar-refractivity contribution in [3.05, 3.63) is 42.1 Å². The number of aromatic nitrogens is 2. The van der Waals surface area contributed by atoms with Gasteiger partial charge >= 0.3 is 5.97 Å². The highest BCUT2D eigenvalue weighted by Crippen LogP contribution is 2.31. The van der Waals surface area contributed by atoms with Crippen molar-refractivity contribution in [2.24, 2.45) is 0 Å². The van der Waals surface area contributed by atoms with Crippen molar-refractivity contribution in [1.82, 2.24) is 9.97 Å². The number of hydrogen-bond acceptors (Lipinski definition) is 6. The number of aliphatic carboxylic acids is 1. The van der Waals surface area contributed by atoms with E-state index in [1.54, 1.807) is 18.3 Å². The summed E-state index contributed by atoms with van der Waals surface area (Å²) in [5, 5.41) is 9.73. The van der Waals surface area contributed by atoms with E-state index in [2.05, 4.69) is 9.97 Å². The van der Waals surface area contributed by atoms with E-state index in [9.17, 15) is 9.90 Å². The minimum absolute atomic E-state index is 0.342. The fourth-order valence-electron chi connectivity index (χ4n) is 2.85. The number of carboxylic acids is 1. The fourth-order valence-corrected chi connectivity index (χ4v) is 2.85. The molecule has 1 aromatic heterocycles. The number of nitrogens with two attached hydrogens (primary N) is 1. The molecular weight excluding hydrogens is 308 g/mol. The van der Waals surface area contributed by atoms with Crippen molar-refractivity contribution < 1.29 is 14.6 Å². The van der Waals surface area contributed by atoms with Crippen LogP contribution in [0, 0.1) is 6.92 Å². The van der Waals surface area contributed by atoms with Crippen LogP contribution >= 0.6 is 0 Å². The Bertz CT molecular complexity index is 742. The van der Waals surface area contributed by atoms with E-state index >= 15 is 0 Å². The normalized spacial score (nSPS) is 16.6. The minimum Gasteiger partial charge on any atom is -0.478 e. The molecule has 1 saturated heterocycles. The van der Waals surface area contributed by atoms with Gasteiger partial charge in [0.15, 0.2) is 0 Å². The number of benzene rings is 1. The lowest BCUT2D eigenvalue weighted by atomic mass is 9.91. The van der Waals surface area contributed by atoms with Gasteiger partial charge in [0, 0.05) is 32.1 Å². The van der Waals surface area contributed by atoms with E-state index in [0.717, 1.165) is 5.56 Å². The number of ether oxygens (including phenoxy) is 1. The largest absolute Gasteiger partial charge is 0.478 e. The summed E-state index contributed by atoms with van der Waals surface area (Å²) < 4.78 is 5.90. The average Bonchev–Trinajstić information content (AvgIpc) is 2.55. The third kappa shape index (κ3) is 3.24. The molecular formula is C17H20N4O3. The second kappa shape index (κ2) is 6.35. The van der Waals surface area contributed by atoms with Gasteiger partial charge in [0.25, 0.3) is 0 Å². The molecule has 7 heteroatoms. The number of nitrogens with zero attached hydrogens (tertiary/aromatic N) is 3.